The molecule has 5 heteroatoms. The van der Waals surface area contributed by atoms with E-state index in [4.69, 9.17) is 9.84 Å². The van der Waals surface area contributed by atoms with Gasteiger partial charge >= 0.3 is 5.97 Å². The van der Waals surface area contributed by atoms with Crippen LogP contribution in [0.3, 0.4) is 0 Å². The molecule has 0 saturated carbocycles. The van der Waals surface area contributed by atoms with E-state index in [1.165, 1.54) is 0 Å². The van der Waals surface area contributed by atoms with Crippen molar-refractivity contribution in [3.8, 4) is 0 Å². The number of unbranched alkanes of at least 4 members (excludes halogenated alkanes) is 1. The van der Waals surface area contributed by atoms with Gasteiger partial charge < -0.3 is 19.7 Å². The standard InChI is InChI=1S/C9H16O5/c10-6-3-7-14-9(13)5-2-1-4-8(11)12/h10H,1-7H2,(H,11,12)/p-1. The largest absolute Gasteiger partial charge is 0.550 e. The highest BCUT2D eigenvalue weighted by atomic mass is 16.5. The third-order valence-corrected chi connectivity index (χ3v) is 1.58. The number of hydrogen-bond acceptors (Lipinski definition) is 5. The monoisotopic (exact) mass is 203 g/mol. The highest BCUT2D eigenvalue weighted by Gasteiger charge is 2.01. The lowest BCUT2D eigenvalue weighted by Crippen LogP contribution is -2.21. The fourth-order valence-electron chi connectivity index (χ4n) is 0.861. The highest BCUT2D eigenvalue weighted by molar-refractivity contribution is 5.69. The lowest BCUT2D eigenvalue weighted by atomic mass is 10.2. The Morgan fingerprint density at radius 1 is 1.14 bits per heavy atom. The van der Waals surface area contributed by atoms with Crippen LogP contribution in [0.15, 0.2) is 0 Å². The van der Waals surface area contributed by atoms with Crippen LogP contribution in [-0.4, -0.2) is 30.3 Å². The van der Waals surface area contributed by atoms with Gasteiger partial charge in [-0.2, -0.15) is 0 Å². The van der Waals surface area contributed by atoms with Gasteiger partial charge in [0.05, 0.1) is 6.61 Å². The molecule has 0 radical (unpaired) electrons. The minimum atomic E-state index is -1.10. The van der Waals surface area contributed by atoms with Crippen molar-refractivity contribution < 1.29 is 24.5 Å². The van der Waals surface area contributed by atoms with Crippen molar-refractivity contribution in [1.29, 1.82) is 0 Å². The molecular formula is C9H15O5-. The maximum absolute atomic E-state index is 10.9. The Morgan fingerprint density at radius 3 is 2.36 bits per heavy atom. The molecule has 0 bridgehead atoms. The van der Waals surface area contributed by atoms with E-state index in [2.05, 4.69) is 0 Å². The van der Waals surface area contributed by atoms with Gasteiger partial charge in [0.1, 0.15) is 0 Å². The second kappa shape index (κ2) is 8.50. The van der Waals surface area contributed by atoms with E-state index in [-0.39, 0.29) is 32.0 Å². The minimum absolute atomic E-state index is 0.00202. The molecule has 0 aliphatic carbocycles. The van der Waals surface area contributed by atoms with E-state index in [9.17, 15) is 14.7 Å². The molecule has 0 rings (SSSR count). The SMILES string of the molecule is O=C([O-])CCCCC(=O)OCCCO. The van der Waals surface area contributed by atoms with Crippen LogP contribution in [0.4, 0.5) is 0 Å². The molecule has 82 valence electrons. The number of aliphatic hydroxyl groups excluding tert-OH is 1. The molecule has 0 aromatic heterocycles. The summed E-state index contributed by atoms with van der Waals surface area (Å²) in [6, 6.07) is 0. The fraction of sp³-hybridized carbons (Fsp3) is 0.778. The van der Waals surface area contributed by atoms with E-state index >= 15 is 0 Å². The van der Waals surface area contributed by atoms with Gasteiger partial charge in [-0.15, -0.1) is 0 Å². The normalized spacial score (nSPS) is 9.79. The van der Waals surface area contributed by atoms with Gasteiger partial charge in [-0.05, 0) is 19.3 Å². The Labute approximate surface area is 82.7 Å². The van der Waals surface area contributed by atoms with Crippen molar-refractivity contribution in [3.05, 3.63) is 0 Å². The summed E-state index contributed by atoms with van der Waals surface area (Å²) in [4.78, 5) is 20.9. The topological polar surface area (TPSA) is 86.7 Å². The maximum Gasteiger partial charge on any atom is 0.305 e. The molecule has 1 N–H and O–H groups in total. The minimum Gasteiger partial charge on any atom is -0.550 e. The van der Waals surface area contributed by atoms with E-state index in [0.717, 1.165) is 0 Å². The van der Waals surface area contributed by atoms with E-state index < -0.39 is 5.97 Å². The molecule has 14 heavy (non-hydrogen) atoms. The molecule has 0 aliphatic rings. The number of carbonyl (C=O) groups is 2. The van der Waals surface area contributed by atoms with Crippen LogP contribution in [0, 0.1) is 0 Å². The van der Waals surface area contributed by atoms with Crippen LogP contribution in [0.5, 0.6) is 0 Å². The van der Waals surface area contributed by atoms with Crippen molar-refractivity contribution in [2.45, 2.75) is 32.1 Å². The lowest BCUT2D eigenvalue weighted by Gasteiger charge is -2.03. The van der Waals surface area contributed by atoms with Gasteiger partial charge in [-0.25, -0.2) is 0 Å². The molecule has 0 amide bonds. The number of carboxylic acid groups (broad SMARTS) is 1. The molecule has 0 atom stereocenters. The predicted octanol–water partition coefficient (Wildman–Crippen LogP) is -0.778. The summed E-state index contributed by atoms with van der Waals surface area (Å²) in [5, 5.41) is 18.4. The summed E-state index contributed by atoms with van der Waals surface area (Å²) in [5.74, 6) is -1.45. The zero-order valence-corrected chi connectivity index (χ0v) is 8.03. The quantitative estimate of drug-likeness (QED) is 0.413. The van der Waals surface area contributed by atoms with Gasteiger partial charge in [0.25, 0.3) is 0 Å². The first-order chi connectivity index (χ1) is 6.66. The number of carboxylic acids is 1. The maximum atomic E-state index is 10.9. The van der Waals surface area contributed by atoms with Gasteiger partial charge in [0.2, 0.25) is 0 Å². The van der Waals surface area contributed by atoms with Gasteiger partial charge in [0.15, 0.2) is 0 Å². The molecule has 0 fully saturated rings. The Kier molecular flexibility index (Phi) is 7.83. The molecule has 0 saturated heterocycles. The molecule has 0 aliphatic heterocycles. The van der Waals surface area contributed by atoms with Crippen molar-refractivity contribution in [2.24, 2.45) is 0 Å². The summed E-state index contributed by atoms with van der Waals surface area (Å²) in [6.07, 6.45) is 1.55. The Balaban J connectivity index is 3.22. The molecule has 0 unspecified atom stereocenters. The molecular weight excluding hydrogens is 188 g/mol. The lowest BCUT2D eigenvalue weighted by molar-refractivity contribution is -0.305. The van der Waals surface area contributed by atoms with E-state index in [1.807, 2.05) is 0 Å². The Morgan fingerprint density at radius 2 is 1.79 bits per heavy atom. The average molecular weight is 203 g/mol. The van der Waals surface area contributed by atoms with Gasteiger partial charge in [0, 0.05) is 25.4 Å². The smallest absolute Gasteiger partial charge is 0.305 e. The zero-order valence-electron chi connectivity index (χ0n) is 8.03. The number of aliphatic carboxylic acids is 1. The fourth-order valence-corrected chi connectivity index (χ4v) is 0.861. The van der Waals surface area contributed by atoms with Crippen molar-refractivity contribution in [3.63, 3.8) is 0 Å². The highest BCUT2D eigenvalue weighted by Crippen LogP contribution is 2.00. The van der Waals surface area contributed by atoms with Crippen molar-refractivity contribution in [2.75, 3.05) is 13.2 Å². The van der Waals surface area contributed by atoms with Crippen LogP contribution in [0.1, 0.15) is 32.1 Å². The predicted molar refractivity (Wildman–Crippen MR) is 46.1 cm³/mol. The summed E-state index contributed by atoms with van der Waals surface area (Å²) in [5.41, 5.74) is 0. The van der Waals surface area contributed by atoms with Gasteiger partial charge in [-0.3, -0.25) is 4.79 Å². The second-order valence-corrected chi connectivity index (χ2v) is 2.88. The third kappa shape index (κ3) is 8.99. The van der Waals surface area contributed by atoms with Crippen molar-refractivity contribution >= 4 is 11.9 Å². The molecule has 0 aromatic carbocycles. The number of carbonyl (C=O) groups excluding carboxylic acids is 2. The third-order valence-electron chi connectivity index (χ3n) is 1.58. The number of ether oxygens (including phenoxy) is 1. The Bertz CT molecular complexity index is 178. The summed E-state index contributed by atoms with van der Waals surface area (Å²) >= 11 is 0. The first-order valence-electron chi connectivity index (χ1n) is 4.63. The van der Waals surface area contributed by atoms with Crippen LogP contribution < -0.4 is 5.11 Å². The first kappa shape index (κ1) is 12.9. The number of aliphatic hydroxyl groups is 1. The number of hydrogen-bond donors (Lipinski definition) is 1. The number of rotatable bonds is 8. The van der Waals surface area contributed by atoms with Crippen molar-refractivity contribution in [1.82, 2.24) is 0 Å². The van der Waals surface area contributed by atoms with Crippen LogP contribution in [0.25, 0.3) is 0 Å². The second-order valence-electron chi connectivity index (χ2n) is 2.88. The van der Waals surface area contributed by atoms with E-state index in [1.54, 1.807) is 0 Å². The number of esters is 1. The van der Waals surface area contributed by atoms with Crippen LogP contribution in [-0.2, 0) is 14.3 Å². The first-order valence-corrected chi connectivity index (χ1v) is 4.63. The Hall–Kier alpha value is -1.10. The molecule has 5 nitrogen and oxygen atoms in total. The van der Waals surface area contributed by atoms with E-state index in [0.29, 0.717) is 19.3 Å². The van der Waals surface area contributed by atoms with Gasteiger partial charge in [-0.1, -0.05) is 0 Å². The van der Waals surface area contributed by atoms with Crippen LogP contribution in [0.2, 0.25) is 0 Å². The summed E-state index contributed by atoms with van der Waals surface area (Å²) < 4.78 is 4.73. The molecule has 0 aromatic rings. The summed E-state index contributed by atoms with van der Waals surface area (Å²) in [6.45, 7) is 0.216. The molecule has 0 heterocycles. The van der Waals surface area contributed by atoms with Crippen LogP contribution >= 0.6 is 0 Å². The molecule has 0 spiro atoms. The zero-order chi connectivity index (χ0) is 10.8. The average Bonchev–Trinajstić information content (AvgIpc) is 2.13. The summed E-state index contributed by atoms with van der Waals surface area (Å²) in [7, 11) is 0.